The molecule has 2 atom stereocenters. The highest BCUT2D eigenvalue weighted by Crippen LogP contribution is 2.24. The predicted octanol–water partition coefficient (Wildman–Crippen LogP) is 3.07. The number of rotatable bonds is 2. The summed E-state index contributed by atoms with van der Waals surface area (Å²) in [5.41, 5.74) is 0. The van der Waals surface area contributed by atoms with E-state index >= 15 is 0 Å². The summed E-state index contributed by atoms with van der Waals surface area (Å²) < 4.78 is 13.2. The molecule has 2 unspecified atom stereocenters. The Kier molecular flexibility index (Phi) is 3.92. The van der Waals surface area contributed by atoms with E-state index in [2.05, 4.69) is 15.9 Å². The summed E-state index contributed by atoms with van der Waals surface area (Å²) in [5, 5.41) is 0.0161. The van der Waals surface area contributed by atoms with E-state index in [-0.39, 0.29) is 11.0 Å². The minimum atomic E-state index is -1.04. The molecule has 2 nitrogen and oxygen atoms in total. The van der Waals surface area contributed by atoms with Crippen LogP contribution in [0.1, 0.15) is 25.7 Å². The second-order valence-corrected chi connectivity index (χ2v) is 6.66. The number of Topliss-reactive ketones (excluding diaryl/α,β-unsaturated/α-hetero) is 1. The first-order valence-corrected chi connectivity index (χ1v) is 7.35. The van der Waals surface area contributed by atoms with Crippen LogP contribution in [0.25, 0.3) is 0 Å². The minimum Gasteiger partial charge on any atom is -0.300 e. The molecule has 86 valence electrons. The number of carbonyl (C=O) groups excluding carboxylic acids is 1. The quantitative estimate of drug-likeness (QED) is 0.841. The van der Waals surface area contributed by atoms with Gasteiger partial charge in [-0.2, -0.15) is 0 Å². The van der Waals surface area contributed by atoms with Gasteiger partial charge >= 0.3 is 0 Å². The van der Waals surface area contributed by atoms with E-state index in [0.717, 1.165) is 22.2 Å². The standard InChI is InChI=1S/C12H13BrO2S/c13-9-4-6-11(7-5-9)16(15)12-3-1-2-10(14)8-12/h4-7,12H,1-3,8H2. The van der Waals surface area contributed by atoms with Crippen molar-refractivity contribution >= 4 is 32.5 Å². The molecule has 1 aliphatic rings. The van der Waals surface area contributed by atoms with Crippen LogP contribution in [0.3, 0.4) is 0 Å². The van der Waals surface area contributed by atoms with Crippen LogP contribution in [0.2, 0.25) is 0 Å². The third kappa shape index (κ3) is 2.80. The summed E-state index contributed by atoms with van der Waals surface area (Å²) in [6.07, 6.45) is 2.91. The van der Waals surface area contributed by atoms with Crippen LogP contribution in [0.4, 0.5) is 0 Å². The van der Waals surface area contributed by atoms with Crippen molar-refractivity contribution in [1.82, 2.24) is 0 Å². The van der Waals surface area contributed by atoms with Gasteiger partial charge in [-0.15, -0.1) is 0 Å². The molecular formula is C12H13BrO2S. The van der Waals surface area contributed by atoms with Crippen LogP contribution in [-0.2, 0) is 15.6 Å². The van der Waals surface area contributed by atoms with Crippen molar-refractivity contribution in [3.63, 3.8) is 0 Å². The molecule has 1 aliphatic carbocycles. The Morgan fingerprint density at radius 3 is 2.56 bits per heavy atom. The molecule has 2 rings (SSSR count). The minimum absolute atomic E-state index is 0.0161. The van der Waals surface area contributed by atoms with Gasteiger partial charge in [0.05, 0.1) is 10.8 Å². The summed E-state index contributed by atoms with van der Waals surface area (Å²) in [6, 6.07) is 7.49. The molecule has 0 saturated heterocycles. The van der Waals surface area contributed by atoms with E-state index in [1.165, 1.54) is 0 Å². The highest BCUT2D eigenvalue weighted by atomic mass is 79.9. The topological polar surface area (TPSA) is 34.1 Å². The molecule has 1 aromatic carbocycles. The van der Waals surface area contributed by atoms with Crippen LogP contribution < -0.4 is 0 Å². The average molecular weight is 301 g/mol. The van der Waals surface area contributed by atoms with E-state index in [0.29, 0.717) is 12.8 Å². The maximum atomic E-state index is 12.2. The number of hydrogen-bond donors (Lipinski definition) is 0. The Morgan fingerprint density at radius 2 is 1.94 bits per heavy atom. The van der Waals surface area contributed by atoms with E-state index in [4.69, 9.17) is 0 Å². The van der Waals surface area contributed by atoms with Gasteiger partial charge in [-0.1, -0.05) is 15.9 Å². The van der Waals surface area contributed by atoms with Crippen molar-refractivity contribution in [2.45, 2.75) is 35.8 Å². The van der Waals surface area contributed by atoms with Gasteiger partial charge in [-0.25, -0.2) is 0 Å². The molecule has 0 bridgehead atoms. The first kappa shape index (κ1) is 12.0. The lowest BCUT2D eigenvalue weighted by Gasteiger charge is -2.20. The van der Waals surface area contributed by atoms with E-state index in [1.807, 2.05) is 24.3 Å². The fraction of sp³-hybridized carbons (Fsp3) is 0.417. The molecule has 1 saturated carbocycles. The van der Waals surface area contributed by atoms with E-state index < -0.39 is 10.8 Å². The lowest BCUT2D eigenvalue weighted by Crippen LogP contribution is -2.24. The van der Waals surface area contributed by atoms with Gasteiger partial charge in [-0.05, 0) is 37.1 Å². The second-order valence-electron chi connectivity index (χ2n) is 4.01. The average Bonchev–Trinajstić information content (AvgIpc) is 2.29. The van der Waals surface area contributed by atoms with Gasteiger partial charge in [0.2, 0.25) is 0 Å². The van der Waals surface area contributed by atoms with Gasteiger partial charge in [0.1, 0.15) is 5.78 Å². The van der Waals surface area contributed by atoms with Crippen molar-refractivity contribution in [3.05, 3.63) is 28.7 Å². The van der Waals surface area contributed by atoms with Gasteiger partial charge < -0.3 is 0 Å². The van der Waals surface area contributed by atoms with Gasteiger partial charge in [0.15, 0.2) is 0 Å². The first-order valence-electron chi connectivity index (χ1n) is 5.34. The molecule has 0 amide bonds. The smallest absolute Gasteiger partial charge is 0.134 e. The van der Waals surface area contributed by atoms with Crippen LogP contribution in [0.15, 0.2) is 33.6 Å². The number of ketones is 1. The lowest BCUT2D eigenvalue weighted by molar-refractivity contribution is -0.120. The number of benzene rings is 1. The zero-order chi connectivity index (χ0) is 11.5. The Balaban J connectivity index is 2.12. The van der Waals surface area contributed by atoms with Crippen LogP contribution in [0.5, 0.6) is 0 Å². The third-order valence-electron chi connectivity index (χ3n) is 2.79. The molecule has 0 aliphatic heterocycles. The molecule has 0 heterocycles. The Morgan fingerprint density at radius 1 is 1.25 bits per heavy atom. The summed E-state index contributed by atoms with van der Waals surface area (Å²) in [7, 11) is -1.04. The Bertz CT molecular complexity index is 414. The molecule has 0 aromatic heterocycles. The maximum Gasteiger partial charge on any atom is 0.134 e. The van der Waals surface area contributed by atoms with Crippen molar-refractivity contribution in [2.75, 3.05) is 0 Å². The highest BCUT2D eigenvalue weighted by molar-refractivity contribution is 9.10. The van der Waals surface area contributed by atoms with Gasteiger partial charge in [0, 0.05) is 27.5 Å². The maximum absolute atomic E-state index is 12.2. The second kappa shape index (κ2) is 5.23. The fourth-order valence-corrected chi connectivity index (χ4v) is 3.70. The SMILES string of the molecule is O=C1CCCC(S(=O)c2ccc(Br)cc2)C1. The summed E-state index contributed by atoms with van der Waals surface area (Å²) >= 11 is 3.35. The molecule has 0 radical (unpaired) electrons. The fourth-order valence-electron chi connectivity index (χ4n) is 1.93. The molecule has 0 N–H and O–H groups in total. The Hall–Kier alpha value is -0.480. The number of hydrogen-bond acceptors (Lipinski definition) is 2. The van der Waals surface area contributed by atoms with E-state index in [1.54, 1.807) is 0 Å². The van der Waals surface area contributed by atoms with Crippen molar-refractivity contribution in [3.8, 4) is 0 Å². The third-order valence-corrected chi connectivity index (χ3v) is 5.06. The highest BCUT2D eigenvalue weighted by Gasteiger charge is 2.25. The van der Waals surface area contributed by atoms with Gasteiger partial charge in [0.25, 0.3) is 0 Å². The summed E-state index contributed by atoms with van der Waals surface area (Å²) in [4.78, 5) is 12.1. The zero-order valence-electron chi connectivity index (χ0n) is 8.82. The predicted molar refractivity (Wildman–Crippen MR) is 67.8 cm³/mol. The van der Waals surface area contributed by atoms with Crippen LogP contribution >= 0.6 is 15.9 Å². The number of halogens is 1. The molecule has 0 spiro atoms. The molecule has 4 heteroatoms. The largest absolute Gasteiger partial charge is 0.300 e. The normalized spacial score (nSPS) is 23.1. The van der Waals surface area contributed by atoms with Crippen molar-refractivity contribution < 1.29 is 9.00 Å². The Labute approximate surface area is 106 Å². The summed E-state index contributed by atoms with van der Waals surface area (Å²) in [5.74, 6) is 0.252. The molecular weight excluding hydrogens is 288 g/mol. The first-order chi connectivity index (χ1) is 7.66. The monoisotopic (exact) mass is 300 g/mol. The molecule has 16 heavy (non-hydrogen) atoms. The molecule has 1 aromatic rings. The van der Waals surface area contributed by atoms with Crippen molar-refractivity contribution in [1.29, 1.82) is 0 Å². The zero-order valence-corrected chi connectivity index (χ0v) is 11.2. The van der Waals surface area contributed by atoms with Gasteiger partial charge in [-0.3, -0.25) is 9.00 Å². The molecule has 1 fully saturated rings. The lowest BCUT2D eigenvalue weighted by atomic mass is 9.99. The number of carbonyl (C=O) groups is 1. The van der Waals surface area contributed by atoms with Crippen LogP contribution in [-0.4, -0.2) is 15.2 Å². The van der Waals surface area contributed by atoms with Crippen LogP contribution in [0, 0.1) is 0 Å². The van der Waals surface area contributed by atoms with E-state index in [9.17, 15) is 9.00 Å². The van der Waals surface area contributed by atoms with Crippen molar-refractivity contribution in [2.24, 2.45) is 0 Å². The summed E-state index contributed by atoms with van der Waals surface area (Å²) in [6.45, 7) is 0.